The lowest BCUT2D eigenvalue weighted by molar-refractivity contribution is -0.129. The number of hydrogen-bond donors (Lipinski definition) is 1. The molecule has 1 N–H and O–H groups in total. The summed E-state index contributed by atoms with van der Waals surface area (Å²) in [5.41, 5.74) is 2.43. The number of nitrogens with zero attached hydrogens (tertiary/aromatic N) is 2. The second-order valence-electron chi connectivity index (χ2n) is 9.29. The van der Waals surface area contributed by atoms with E-state index in [1.807, 2.05) is 24.3 Å². The van der Waals surface area contributed by atoms with E-state index in [1.165, 1.54) is 11.8 Å². The molecule has 2 amide bonds. The number of unbranched alkanes of at least 4 members (excludes halogenated alkanes) is 1. The number of esters is 1. The van der Waals surface area contributed by atoms with Crippen molar-refractivity contribution >= 4 is 57.7 Å². The predicted molar refractivity (Wildman–Crippen MR) is 163 cm³/mol. The van der Waals surface area contributed by atoms with Crippen molar-refractivity contribution in [2.45, 2.75) is 44.9 Å². The largest absolute Gasteiger partial charge is 0.494 e. The van der Waals surface area contributed by atoms with Crippen molar-refractivity contribution in [1.82, 2.24) is 4.90 Å². The third-order valence-corrected chi connectivity index (χ3v) is 7.62. The average molecular weight is 594 g/mol. The van der Waals surface area contributed by atoms with Gasteiger partial charge in [0.05, 0.1) is 31.0 Å². The molecule has 3 aromatic carbocycles. The first-order valence-electron chi connectivity index (χ1n) is 13.5. The number of benzene rings is 3. The first kappa shape index (κ1) is 30.1. The van der Waals surface area contributed by atoms with Crippen LogP contribution < -0.4 is 10.1 Å². The summed E-state index contributed by atoms with van der Waals surface area (Å²) in [7, 11) is 0. The van der Waals surface area contributed by atoms with E-state index in [1.54, 1.807) is 60.4 Å². The monoisotopic (exact) mass is 593 g/mol. The maximum atomic E-state index is 13.4. The minimum absolute atomic E-state index is 0.0170. The van der Waals surface area contributed by atoms with E-state index in [9.17, 15) is 14.4 Å². The smallest absolute Gasteiger partial charge is 0.338 e. The van der Waals surface area contributed by atoms with E-state index in [0.717, 1.165) is 24.2 Å². The molecule has 1 aliphatic heterocycles. The molecule has 0 radical (unpaired) electrons. The highest BCUT2D eigenvalue weighted by Gasteiger charge is 2.36. The number of nitrogens with one attached hydrogen (secondary N) is 1. The number of amides is 2. The minimum Gasteiger partial charge on any atom is -0.494 e. The van der Waals surface area contributed by atoms with Crippen LogP contribution in [0.15, 0.2) is 77.8 Å². The van der Waals surface area contributed by atoms with Gasteiger partial charge in [-0.15, -0.1) is 0 Å². The van der Waals surface area contributed by atoms with Gasteiger partial charge >= 0.3 is 5.97 Å². The second-order valence-corrected chi connectivity index (χ2v) is 10.9. The van der Waals surface area contributed by atoms with Crippen LogP contribution in [0.5, 0.6) is 5.75 Å². The Hall–Kier alpha value is -3.82. The first-order valence-corrected chi connectivity index (χ1v) is 14.7. The maximum Gasteiger partial charge on any atom is 0.338 e. The quantitative estimate of drug-likeness (QED) is 0.193. The Morgan fingerprint density at radius 2 is 1.73 bits per heavy atom. The molecule has 1 fully saturated rings. The summed E-state index contributed by atoms with van der Waals surface area (Å²) in [6.45, 7) is 5.04. The zero-order valence-corrected chi connectivity index (χ0v) is 24.5. The molecule has 1 unspecified atom stereocenters. The molecule has 1 atom stereocenters. The van der Waals surface area contributed by atoms with Gasteiger partial charge in [0, 0.05) is 17.1 Å². The summed E-state index contributed by atoms with van der Waals surface area (Å²) in [5, 5.41) is 3.21. The van der Waals surface area contributed by atoms with Crippen molar-refractivity contribution in [2.75, 3.05) is 18.5 Å². The molecule has 8 nitrogen and oxygen atoms in total. The molecule has 0 aliphatic carbocycles. The van der Waals surface area contributed by atoms with Gasteiger partial charge in [0.25, 0.3) is 0 Å². The molecule has 0 bridgehead atoms. The number of rotatable bonds is 11. The number of hydrogen-bond acceptors (Lipinski definition) is 7. The number of carbonyl (C=O) groups excluding carboxylic acids is 3. The molecule has 0 saturated carbocycles. The fourth-order valence-electron chi connectivity index (χ4n) is 3.96. The molecule has 0 aromatic heterocycles. The number of ether oxygens (including phenoxy) is 2. The van der Waals surface area contributed by atoms with Gasteiger partial charge in [-0.25, -0.2) is 9.79 Å². The Balaban J connectivity index is 1.52. The van der Waals surface area contributed by atoms with Crippen molar-refractivity contribution in [3.05, 3.63) is 88.9 Å². The molecule has 1 aliphatic rings. The topological polar surface area (TPSA) is 97.3 Å². The van der Waals surface area contributed by atoms with Crippen molar-refractivity contribution < 1.29 is 23.9 Å². The van der Waals surface area contributed by atoms with Crippen LogP contribution in [0.2, 0.25) is 5.02 Å². The molecule has 10 heteroatoms. The van der Waals surface area contributed by atoms with Gasteiger partial charge in [-0.05, 0) is 79.6 Å². The number of aliphatic imine (C=N–C) groups is 1. The third-order valence-electron chi connectivity index (χ3n) is 6.18. The lowest BCUT2D eigenvalue weighted by Crippen LogP contribution is -2.44. The standard InChI is InChI=1S/C31H32ClN3O5S/c1-3-5-18-40-26-16-14-24(15-17-26)33-29(37)27-19-28(36)35(20-21-6-10-23(32)11-7-21)31(41-27)34-25-12-8-22(9-13-25)30(38)39-4-2/h6-17,27H,3-5,18-20H2,1-2H3,(H,33,37). The Labute approximate surface area is 249 Å². The summed E-state index contributed by atoms with van der Waals surface area (Å²) in [4.78, 5) is 44.9. The van der Waals surface area contributed by atoms with E-state index in [2.05, 4.69) is 12.2 Å². The van der Waals surface area contributed by atoms with E-state index in [-0.39, 0.29) is 31.4 Å². The molecular formula is C31H32ClN3O5S. The summed E-state index contributed by atoms with van der Waals surface area (Å²) >= 11 is 7.26. The molecule has 1 saturated heterocycles. The van der Waals surface area contributed by atoms with Gasteiger partial charge in [0.15, 0.2) is 5.17 Å². The van der Waals surface area contributed by atoms with Gasteiger partial charge in [-0.3, -0.25) is 14.5 Å². The number of anilines is 1. The van der Waals surface area contributed by atoms with E-state index >= 15 is 0 Å². The number of halogens is 1. The van der Waals surface area contributed by atoms with E-state index in [0.29, 0.717) is 33.7 Å². The lowest BCUT2D eigenvalue weighted by atomic mass is 10.2. The second kappa shape index (κ2) is 14.7. The maximum absolute atomic E-state index is 13.4. The fraction of sp³-hybridized carbons (Fsp3) is 0.290. The van der Waals surface area contributed by atoms with Crippen molar-refractivity contribution in [3.8, 4) is 5.75 Å². The normalized spacial score (nSPS) is 16.0. The summed E-state index contributed by atoms with van der Waals surface area (Å²) in [5.74, 6) is -0.199. The lowest BCUT2D eigenvalue weighted by Gasteiger charge is -2.32. The van der Waals surface area contributed by atoms with Gasteiger partial charge < -0.3 is 14.8 Å². The van der Waals surface area contributed by atoms with Crippen LogP contribution in [0.25, 0.3) is 0 Å². The fourth-order valence-corrected chi connectivity index (χ4v) is 5.18. The van der Waals surface area contributed by atoms with Crippen LogP contribution in [0, 0.1) is 0 Å². The highest BCUT2D eigenvalue weighted by atomic mass is 35.5. The Bertz CT molecular complexity index is 1380. The Morgan fingerprint density at radius 1 is 1.02 bits per heavy atom. The highest BCUT2D eigenvalue weighted by molar-refractivity contribution is 8.15. The minimum atomic E-state index is -0.679. The Morgan fingerprint density at radius 3 is 2.39 bits per heavy atom. The number of carbonyl (C=O) groups is 3. The van der Waals surface area contributed by atoms with Crippen LogP contribution in [0.3, 0.4) is 0 Å². The molecule has 214 valence electrons. The van der Waals surface area contributed by atoms with Crippen LogP contribution in [0.1, 0.15) is 49.0 Å². The first-order chi connectivity index (χ1) is 19.9. The summed E-state index contributed by atoms with van der Waals surface area (Å²) < 4.78 is 10.7. The third kappa shape index (κ3) is 8.58. The van der Waals surface area contributed by atoms with Gasteiger partial charge in [0.2, 0.25) is 11.8 Å². The van der Waals surface area contributed by atoms with Crippen LogP contribution in [-0.2, 0) is 20.9 Å². The zero-order chi connectivity index (χ0) is 29.2. The van der Waals surface area contributed by atoms with Gasteiger partial charge in [-0.2, -0.15) is 0 Å². The summed E-state index contributed by atoms with van der Waals surface area (Å²) in [6.07, 6.45) is 2.04. The molecule has 0 spiro atoms. The average Bonchev–Trinajstić information content (AvgIpc) is 2.97. The SMILES string of the molecule is CCCCOc1ccc(NC(=O)C2CC(=O)N(Cc3ccc(Cl)cc3)C(=Nc3ccc(C(=O)OCC)cc3)S2)cc1. The predicted octanol–water partition coefficient (Wildman–Crippen LogP) is 6.86. The summed E-state index contributed by atoms with van der Waals surface area (Å²) in [6, 6.07) is 21.0. The molecule has 3 aromatic rings. The number of amidine groups is 1. The van der Waals surface area contributed by atoms with Gasteiger partial charge in [-0.1, -0.05) is 48.8 Å². The zero-order valence-electron chi connectivity index (χ0n) is 23.0. The molecule has 41 heavy (non-hydrogen) atoms. The highest BCUT2D eigenvalue weighted by Crippen LogP contribution is 2.31. The molecule has 1 heterocycles. The van der Waals surface area contributed by atoms with Crippen LogP contribution in [-0.4, -0.2) is 46.3 Å². The van der Waals surface area contributed by atoms with Crippen LogP contribution >= 0.6 is 23.4 Å². The van der Waals surface area contributed by atoms with Crippen molar-refractivity contribution in [2.24, 2.45) is 4.99 Å². The molecule has 4 rings (SSSR count). The van der Waals surface area contributed by atoms with Crippen LogP contribution in [0.4, 0.5) is 11.4 Å². The molecular weight excluding hydrogens is 562 g/mol. The number of thioether (sulfide) groups is 1. The van der Waals surface area contributed by atoms with E-state index in [4.69, 9.17) is 26.1 Å². The Kier molecular flexibility index (Phi) is 10.8. The van der Waals surface area contributed by atoms with E-state index < -0.39 is 11.2 Å². The van der Waals surface area contributed by atoms with Crippen molar-refractivity contribution in [3.63, 3.8) is 0 Å². The van der Waals surface area contributed by atoms with Crippen molar-refractivity contribution in [1.29, 1.82) is 0 Å². The van der Waals surface area contributed by atoms with Gasteiger partial charge in [0.1, 0.15) is 11.0 Å².